The highest BCUT2D eigenvalue weighted by atomic mass is 15.3. The lowest BCUT2D eigenvalue weighted by atomic mass is 10.0. The number of nitrogens with zero attached hydrogens (tertiary/aromatic N) is 3. The summed E-state index contributed by atoms with van der Waals surface area (Å²) in [5, 5.41) is 7.81. The summed E-state index contributed by atoms with van der Waals surface area (Å²) in [5.74, 6) is 0.732. The minimum Gasteiger partial charge on any atom is -0.350 e. The van der Waals surface area contributed by atoms with Crippen molar-refractivity contribution in [2.45, 2.75) is 32.2 Å². The molecular weight excluding hydrogens is 212 g/mol. The van der Waals surface area contributed by atoms with Gasteiger partial charge in [-0.3, -0.25) is 0 Å². The molecule has 0 aliphatic heterocycles. The monoisotopic (exact) mass is 228 g/mol. The molecule has 4 heteroatoms. The van der Waals surface area contributed by atoms with Crippen LogP contribution in [0.15, 0.2) is 30.5 Å². The Hall–Kier alpha value is -1.84. The predicted octanol–water partition coefficient (Wildman–Crippen LogP) is 2.56. The Bertz CT molecular complexity index is 556. The van der Waals surface area contributed by atoms with Crippen LogP contribution in [0.4, 0.5) is 5.95 Å². The van der Waals surface area contributed by atoms with Crippen molar-refractivity contribution < 1.29 is 0 Å². The summed E-state index contributed by atoms with van der Waals surface area (Å²) in [6.45, 7) is 2.06. The number of hydrogen-bond donors (Lipinski definition) is 1. The van der Waals surface area contributed by atoms with Crippen molar-refractivity contribution in [2.75, 3.05) is 5.32 Å². The molecule has 0 aromatic carbocycles. The van der Waals surface area contributed by atoms with Crippen molar-refractivity contribution >= 4 is 11.6 Å². The Balaban J connectivity index is 1.83. The van der Waals surface area contributed by atoms with Gasteiger partial charge in [0.1, 0.15) is 0 Å². The minimum absolute atomic E-state index is 0.471. The molecule has 1 atom stereocenters. The van der Waals surface area contributed by atoms with Gasteiger partial charge in [0, 0.05) is 12.2 Å². The van der Waals surface area contributed by atoms with E-state index in [4.69, 9.17) is 0 Å². The predicted molar refractivity (Wildman–Crippen MR) is 68.1 cm³/mol. The van der Waals surface area contributed by atoms with Gasteiger partial charge in [0.15, 0.2) is 5.65 Å². The van der Waals surface area contributed by atoms with Crippen LogP contribution < -0.4 is 5.32 Å². The highest BCUT2D eigenvalue weighted by molar-refractivity contribution is 5.45. The van der Waals surface area contributed by atoms with Crippen LogP contribution in [0.1, 0.15) is 24.8 Å². The van der Waals surface area contributed by atoms with Gasteiger partial charge in [-0.05, 0) is 43.9 Å². The molecule has 0 saturated heterocycles. The van der Waals surface area contributed by atoms with Gasteiger partial charge in [0.25, 0.3) is 0 Å². The zero-order chi connectivity index (χ0) is 11.7. The second kappa shape index (κ2) is 4.20. The van der Waals surface area contributed by atoms with E-state index in [-0.39, 0.29) is 0 Å². The molecular formula is C13H16N4. The number of hydrogen-bond acceptors (Lipinski definition) is 3. The van der Waals surface area contributed by atoms with Crippen LogP contribution in [-0.4, -0.2) is 20.6 Å². The molecule has 4 nitrogen and oxygen atoms in total. The average Bonchev–Trinajstić information content (AvgIpc) is 2.71. The van der Waals surface area contributed by atoms with Crippen LogP contribution in [0.25, 0.3) is 5.65 Å². The van der Waals surface area contributed by atoms with Gasteiger partial charge in [0.2, 0.25) is 5.95 Å². The molecule has 88 valence electrons. The first kappa shape index (κ1) is 10.3. The summed E-state index contributed by atoms with van der Waals surface area (Å²) in [6.07, 6.45) is 9.77. The van der Waals surface area contributed by atoms with Crippen LogP contribution in [-0.2, 0) is 0 Å². The van der Waals surface area contributed by atoms with Crippen molar-refractivity contribution in [3.63, 3.8) is 0 Å². The Kier molecular flexibility index (Phi) is 2.55. The van der Waals surface area contributed by atoms with Gasteiger partial charge < -0.3 is 5.32 Å². The summed E-state index contributed by atoms with van der Waals surface area (Å²) in [5.41, 5.74) is 2.11. The van der Waals surface area contributed by atoms with E-state index in [0.29, 0.717) is 6.04 Å². The van der Waals surface area contributed by atoms with Crippen LogP contribution in [0.2, 0.25) is 0 Å². The molecule has 0 saturated carbocycles. The first-order valence-electron chi connectivity index (χ1n) is 6.06. The molecule has 1 aliphatic carbocycles. The molecule has 1 aliphatic rings. The lowest BCUT2D eigenvalue weighted by Gasteiger charge is -2.17. The van der Waals surface area contributed by atoms with E-state index in [9.17, 15) is 0 Å². The van der Waals surface area contributed by atoms with Gasteiger partial charge >= 0.3 is 0 Å². The molecule has 0 fully saturated rings. The van der Waals surface area contributed by atoms with E-state index in [1.807, 2.05) is 22.8 Å². The number of allylic oxidation sites excluding steroid dienone is 1. The molecule has 2 aromatic rings. The molecule has 17 heavy (non-hydrogen) atoms. The molecule has 2 aromatic heterocycles. The maximum atomic E-state index is 4.48. The quantitative estimate of drug-likeness (QED) is 0.803. The van der Waals surface area contributed by atoms with Gasteiger partial charge in [-0.1, -0.05) is 12.2 Å². The van der Waals surface area contributed by atoms with Crippen LogP contribution in [0.3, 0.4) is 0 Å². The van der Waals surface area contributed by atoms with E-state index in [2.05, 4.69) is 34.5 Å². The lowest BCUT2D eigenvalue weighted by molar-refractivity contribution is 0.639. The van der Waals surface area contributed by atoms with Crippen LogP contribution in [0.5, 0.6) is 0 Å². The number of nitrogens with one attached hydrogen (secondary N) is 1. The highest BCUT2D eigenvalue weighted by Crippen LogP contribution is 2.15. The van der Waals surface area contributed by atoms with E-state index < -0.39 is 0 Å². The Morgan fingerprint density at radius 3 is 3.18 bits per heavy atom. The maximum Gasteiger partial charge on any atom is 0.243 e. The Labute approximate surface area is 100 Å². The van der Waals surface area contributed by atoms with Crippen molar-refractivity contribution in [1.29, 1.82) is 0 Å². The maximum absolute atomic E-state index is 4.48. The molecule has 0 amide bonds. The van der Waals surface area contributed by atoms with E-state index >= 15 is 0 Å². The fraction of sp³-hybridized carbons (Fsp3) is 0.385. The van der Waals surface area contributed by atoms with Crippen LogP contribution >= 0.6 is 0 Å². The summed E-state index contributed by atoms with van der Waals surface area (Å²) < 4.78 is 1.81. The third-order valence-corrected chi connectivity index (χ3v) is 3.10. The number of rotatable bonds is 2. The highest BCUT2D eigenvalue weighted by Gasteiger charge is 2.12. The summed E-state index contributed by atoms with van der Waals surface area (Å²) >= 11 is 0. The minimum atomic E-state index is 0.471. The number of fused-ring (bicyclic) bond motifs is 1. The topological polar surface area (TPSA) is 42.2 Å². The summed E-state index contributed by atoms with van der Waals surface area (Å²) in [4.78, 5) is 4.48. The smallest absolute Gasteiger partial charge is 0.243 e. The lowest BCUT2D eigenvalue weighted by Crippen LogP contribution is -2.20. The molecule has 1 N–H and O–H groups in total. The Morgan fingerprint density at radius 2 is 2.35 bits per heavy atom. The average molecular weight is 228 g/mol. The SMILES string of the molecule is Cc1ccn2nc(NC3CC=CCC3)nc2c1. The van der Waals surface area contributed by atoms with Crippen molar-refractivity contribution in [1.82, 2.24) is 14.6 Å². The number of aromatic nitrogens is 3. The molecule has 0 spiro atoms. The van der Waals surface area contributed by atoms with E-state index in [1.165, 1.54) is 5.56 Å². The van der Waals surface area contributed by atoms with E-state index in [1.54, 1.807) is 0 Å². The number of pyridine rings is 1. The number of anilines is 1. The van der Waals surface area contributed by atoms with Crippen molar-refractivity contribution in [3.8, 4) is 0 Å². The van der Waals surface area contributed by atoms with Crippen molar-refractivity contribution in [3.05, 3.63) is 36.0 Å². The fourth-order valence-electron chi connectivity index (χ4n) is 2.15. The standard InChI is InChI=1S/C13H16N4/c1-10-7-8-17-12(9-10)15-13(16-17)14-11-5-3-2-4-6-11/h2-3,7-9,11H,4-6H2,1H3,(H,14,16). The van der Waals surface area contributed by atoms with Gasteiger partial charge in [-0.15, -0.1) is 5.10 Å². The van der Waals surface area contributed by atoms with E-state index in [0.717, 1.165) is 30.9 Å². The first-order chi connectivity index (χ1) is 8.31. The summed E-state index contributed by atoms with van der Waals surface area (Å²) in [6, 6.07) is 4.55. The summed E-state index contributed by atoms with van der Waals surface area (Å²) in [7, 11) is 0. The zero-order valence-corrected chi connectivity index (χ0v) is 9.93. The van der Waals surface area contributed by atoms with Crippen molar-refractivity contribution in [2.24, 2.45) is 0 Å². The van der Waals surface area contributed by atoms with Gasteiger partial charge in [0.05, 0.1) is 0 Å². The Morgan fingerprint density at radius 1 is 1.41 bits per heavy atom. The molecule has 1 unspecified atom stereocenters. The largest absolute Gasteiger partial charge is 0.350 e. The fourth-order valence-corrected chi connectivity index (χ4v) is 2.15. The first-order valence-corrected chi connectivity index (χ1v) is 6.06. The third-order valence-electron chi connectivity index (χ3n) is 3.10. The van der Waals surface area contributed by atoms with Crippen LogP contribution in [0, 0.1) is 6.92 Å². The molecule has 2 heterocycles. The normalized spacial score (nSPS) is 19.7. The number of aryl methyl sites for hydroxylation is 1. The second-order valence-corrected chi connectivity index (χ2v) is 4.57. The van der Waals surface area contributed by atoms with Gasteiger partial charge in [-0.2, -0.15) is 4.98 Å². The zero-order valence-electron chi connectivity index (χ0n) is 9.93. The molecule has 0 radical (unpaired) electrons. The molecule has 3 rings (SSSR count). The second-order valence-electron chi connectivity index (χ2n) is 4.57. The third kappa shape index (κ3) is 2.16. The molecule has 0 bridgehead atoms. The van der Waals surface area contributed by atoms with Gasteiger partial charge in [-0.25, -0.2) is 4.52 Å².